The number of benzene rings is 2. The van der Waals surface area contributed by atoms with Crippen LogP contribution in [0.3, 0.4) is 0 Å². The van der Waals surface area contributed by atoms with Gasteiger partial charge in [-0.1, -0.05) is 12.1 Å². The van der Waals surface area contributed by atoms with Crippen LogP contribution < -0.4 is 10.9 Å². The lowest BCUT2D eigenvalue weighted by molar-refractivity contribution is 0.562. The molecule has 0 saturated heterocycles. The van der Waals surface area contributed by atoms with Crippen molar-refractivity contribution in [1.82, 2.24) is 25.0 Å². The molecule has 2 aromatic carbocycles. The Bertz CT molecular complexity index is 1260. The molecule has 2 atom stereocenters. The van der Waals surface area contributed by atoms with E-state index in [9.17, 15) is 13.6 Å². The quantitative estimate of drug-likeness (QED) is 0.558. The first-order valence-corrected chi connectivity index (χ1v) is 8.60. The molecular weight excluding hydrogens is 366 g/mol. The summed E-state index contributed by atoms with van der Waals surface area (Å²) in [5, 5.41) is 14.9. The van der Waals surface area contributed by atoms with Crippen LogP contribution in [0.5, 0.6) is 0 Å². The second-order valence-electron chi connectivity index (χ2n) is 6.71. The Balaban J connectivity index is 1.82. The van der Waals surface area contributed by atoms with Gasteiger partial charge in [-0.2, -0.15) is 10.2 Å². The van der Waals surface area contributed by atoms with E-state index in [1.54, 1.807) is 23.9 Å². The van der Waals surface area contributed by atoms with Crippen molar-refractivity contribution in [3.8, 4) is 0 Å². The van der Waals surface area contributed by atoms with E-state index in [0.717, 1.165) is 5.56 Å². The van der Waals surface area contributed by atoms with E-state index in [4.69, 9.17) is 0 Å². The molecule has 0 saturated carbocycles. The first-order valence-electron chi connectivity index (χ1n) is 8.60. The zero-order chi connectivity index (χ0) is 19.4. The zero-order valence-electron chi connectivity index (χ0n) is 14.6. The van der Waals surface area contributed by atoms with Crippen molar-refractivity contribution in [2.45, 2.75) is 12.0 Å². The number of nitrogens with zero attached hydrogens (tertiary/aromatic N) is 4. The molecule has 2 aromatic heterocycles. The fourth-order valence-electron chi connectivity index (χ4n) is 3.84. The molecule has 28 heavy (non-hydrogen) atoms. The van der Waals surface area contributed by atoms with Gasteiger partial charge >= 0.3 is 0 Å². The molecule has 9 heteroatoms. The topological polar surface area (TPSA) is 88.5 Å². The van der Waals surface area contributed by atoms with Gasteiger partial charge in [0.2, 0.25) is 0 Å². The van der Waals surface area contributed by atoms with E-state index < -0.39 is 23.3 Å². The van der Waals surface area contributed by atoms with Crippen molar-refractivity contribution in [3.63, 3.8) is 0 Å². The van der Waals surface area contributed by atoms with Gasteiger partial charge in [-0.25, -0.2) is 18.9 Å². The summed E-state index contributed by atoms with van der Waals surface area (Å²) in [6, 6.07) is 8.14. The molecule has 0 fully saturated rings. The number of aryl methyl sites for hydroxylation is 1. The smallest absolute Gasteiger partial charge is 0.272 e. The van der Waals surface area contributed by atoms with Gasteiger partial charge in [0.1, 0.15) is 23.8 Å². The van der Waals surface area contributed by atoms with E-state index in [1.807, 2.05) is 0 Å². The third kappa shape index (κ3) is 2.39. The molecule has 0 bridgehead atoms. The summed E-state index contributed by atoms with van der Waals surface area (Å²) in [6.45, 7) is 0. The number of anilines is 1. The SMILES string of the molecule is Cn1ncnc1[C@@H]1c2n[nH]c(=O)c3cc(F)cc(c23)NC1c1ccc(F)cc1. The summed E-state index contributed by atoms with van der Waals surface area (Å²) in [7, 11) is 1.76. The average molecular weight is 380 g/mol. The van der Waals surface area contributed by atoms with Crippen molar-refractivity contribution in [2.75, 3.05) is 5.32 Å². The van der Waals surface area contributed by atoms with Gasteiger partial charge in [-0.05, 0) is 29.8 Å². The summed E-state index contributed by atoms with van der Waals surface area (Å²) in [5.74, 6) is -0.716. The molecule has 7 nitrogen and oxygen atoms in total. The fraction of sp³-hybridized carbons (Fsp3) is 0.158. The highest BCUT2D eigenvalue weighted by molar-refractivity contribution is 5.97. The summed E-state index contributed by atoms with van der Waals surface area (Å²) in [5.41, 5.74) is 1.30. The zero-order valence-corrected chi connectivity index (χ0v) is 14.6. The Morgan fingerprint density at radius 3 is 2.61 bits per heavy atom. The lowest BCUT2D eigenvalue weighted by Crippen LogP contribution is -2.30. The molecule has 5 rings (SSSR count). The van der Waals surface area contributed by atoms with Crippen molar-refractivity contribution < 1.29 is 8.78 Å². The minimum absolute atomic E-state index is 0.206. The van der Waals surface area contributed by atoms with Gasteiger partial charge in [0.25, 0.3) is 5.56 Å². The molecular formula is C19H14F2N6O. The molecule has 3 heterocycles. The van der Waals surface area contributed by atoms with E-state index in [2.05, 4.69) is 25.6 Å². The highest BCUT2D eigenvalue weighted by Crippen LogP contribution is 2.45. The third-order valence-corrected chi connectivity index (χ3v) is 5.07. The minimum atomic E-state index is -0.535. The number of nitrogens with one attached hydrogen (secondary N) is 2. The van der Waals surface area contributed by atoms with Crippen LogP contribution in [0.2, 0.25) is 0 Å². The number of aromatic nitrogens is 5. The third-order valence-electron chi connectivity index (χ3n) is 5.07. The molecule has 0 radical (unpaired) electrons. The van der Waals surface area contributed by atoms with Crippen LogP contribution in [-0.2, 0) is 7.05 Å². The molecule has 140 valence electrons. The Kier molecular flexibility index (Phi) is 3.51. The van der Waals surface area contributed by atoms with E-state index >= 15 is 0 Å². The molecule has 1 aliphatic rings. The van der Waals surface area contributed by atoms with Crippen LogP contribution in [0.25, 0.3) is 10.8 Å². The summed E-state index contributed by atoms with van der Waals surface area (Å²) >= 11 is 0. The Morgan fingerprint density at radius 2 is 1.89 bits per heavy atom. The summed E-state index contributed by atoms with van der Waals surface area (Å²) in [6.07, 6.45) is 1.43. The molecule has 1 unspecified atom stereocenters. The van der Waals surface area contributed by atoms with Crippen LogP contribution in [0.1, 0.15) is 29.0 Å². The predicted octanol–water partition coefficient (Wildman–Crippen LogP) is 2.63. The number of hydrogen-bond donors (Lipinski definition) is 2. The van der Waals surface area contributed by atoms with Crippen LogP contribution in [0.4, 0.5) is 14.5 Å². The maximum absolute atomic E-state index is 14.1. The second kappa shape index (κ2) is 5.95. The van der Waals surface area contributed by atoms with Gasteiger partial charge in [0.15, 0.2) is 0 Å². The largest absolute Gasteiger partial charge is 0.376 e. The van der Waals surface area contributed by atoms with Gasteiger partial charge in [0.05, 0.1) is 23.0 Å². The molecule has 0 spiro atoms. The number of halogens is 2. The van der Waals surface area contributed by atoms with E-state index in [-0.39, 0.29) is 11.2 Å². The minimum Gasteiger partial charge on any atom is -0.376 e. The molecule has 0 aliphatic carbocycles. The number of hydrogen-bond acceptors (Lipinski definition) is 5. The van der Waals surface area contributed by atoms with Gasteiger partial charge in [0, 0.05) is 18.1 Å². The van der Waals surface area contributed by atoms with Crippen molar-refractivity contribution in [2.24, 2.45) is 7.05 Å². The van der Waals surface area contributed by atoms with E-state index in [1.165, 1.54) is 30.6 Å². The maximum atomic E-state index is 14.1. The van der Waals surface area contributed by atoms with Crippen molar-refractivity contribution >= 4 is 16.5 Å². The first kappa shape index (κ1) is 16.5. The highest BCUT2D eigenvalue weighted by Gasteiger charge is 2.37. The molecule has 1 aliphatic heterocycles. The molecule has 4 aromatic rings. The van der Waals surface area contributed by atoms with Crippen molar-refractivity contribution in [3.05, 3.63) is 81.8 Å². The fourth-order valence-corrected chi connectivity index (χ4v) is 3.84. The normalized spacial score (nSPS) is 18.2. The lowest BCUT2D eigenvalue weighted by Gasteiger charge is -2.33. The summed E-state index contributed by atoms with van der Waals surface area (Å²) < 4.78 is 29.2. The highest BCUT2D eigenvalue weighted by atomic mass is 19.1. The van der Waals surface area contributed by atoms with Crippen molar-refractivity contribution in [1.29, 1.82) is 0 Å². The van der Waals surface area contributed by atoms with Crippen LogP contribution in [-0.4, -0.2) is 25.0 Å². The van der Waals surface area contributed by atoms with Gasteiger partial charge < -0.3 is 5.32 Å². The predicted molar refractivity (Wildman–Crippen MR) is 97.9 cm³/mol. The molecule has 2 N–H and O–H groups in total. The number of H-pyrrole nitrogens is 1. The maximum Gasteiger partial charge on any atom is 0.272 e. The van der Waals surface area contributed by atoms with Crippen LogP contribution in [0, 0.1) is 11.6 Å². The monoisotopic (exact) mass is 380 g/mol. The first-order chi connectivity index (χ1) is 13.5. The Morgan fingerprint density at radius 1 is 1.11 bits per heavy atom. The van der Waals surface area contributed by atoms with E-state index in [0.29, 0.717) is 22.6 Å². The lowest BCUT2D eigenvalue weighted by atomic mass is 9.83. The van der Waals surface area contributed by atoms with Crippen LogP contribution >= 0.6 is 0 Å². The van der Waals surface area contributed by atoms with Gasteiger partial charge in [-0.3, -0.25) is 9.48 Å². The van der Waals surface area contributed by atoms with Gasteiger partial charge in [-0.15, -0.1) is 0 Å². The standard InChI is InChI=1S/C19H14F2N6O/c1-27-18(22-8-23-27)15-16(9-2-4-10(20)5-3-9)24-13-7-11(21)6-12-14(13)17(15)25-26-19(12)28/h2-8,15-16,24H,1H3,(H,26,28)/t15-,16?/m0/s1. The Labute approximate surface area is 157 Å². The number of rotatable bonds is 2. The average Bonchev–Trinajstić information content (AvgIpc) is 3.10. The Hall–Kier alpha value is -3.62. The number of aromatic amines is 1. The second-order valence-corrected chi connectivity index (χ2v) is 6.71. The molecule has 0 amide bonds. The summed E-state index contributed by atoms with van der Waals surface area (Å²) in [4.78, 5) is 16.6. The van der Waals surface area contributed by atoms with Crippen LogP contribution in [0.15, 0.2) is 47.5 Å².